The number of carbonyl (C=O) groups excluding carboxylic acids is 1. The summed E-state index contributed by atoms with van der Waals surface area (Å²) >= 11 is 9.12. The Morgan fingerprint density at radius 3 is 2.12 bits per heavy atom. The number of carbonyl (C=O) groups is 1. The third kappa shape index (κ3) is 4.37. The lowest BCUT2D eigenvalue weighted by atomic mass is 10.3. The van der Waals surface area contributed by atoms with Gasteiger partial charge in [0.1, 0.15) is 0 Å². The molecule has 1 saturated heterocycles. The van der Waals surface area contributed by atoms with Crippen LogP contribution in [0.3, 0.4) is 0 Å². The molecule has 0 unspecified atom stereocenters. The minimum absolute atomic E-state index is 0.250. The molecule has 26 heavy (non-hydrogen) atoms. The fourth-order valence-electron chi connectivity index (χ4n) is 2.62. The molecular formula is C17H17BrClN3O3S. The van der Waals surface area contributed by atoms with Gasteiger partial charge in [0.15, 0.2) is 0 Å². The van der Waals surface area contributed by atoms with E-state index in [9.17, 15) is 13.2 Å². The van der Waals surface area contributed by atoms with Gasteiger partial charge in [-0.25, -0.2) is 13.2 Å². The van der Waals surface area contributed by atoms with E-state index < -0.39 is 10.0 Å². The summed E-state index contributed by atoms with van der Waals surface area (Å²) in [6, 6.07) is 13.1. The molecule has 0 spiro atoms. The average molecular weight is 459 g/mol. The van der Waals surface area contributed by atoms with Crippen LogP contribution in [0.25, 0.3) is 0 Å². The number of halogens is 2. The van der Waals surface area contributed by atoms with E-state index in [0.29, 0.717) is 23.8 Å². The van der Waals surface area contributed by atoms with Gasteiger partial charge in [0.25, 0.3) is 0 Å². The van der Waals surface area contributed by atoms with E-state index in [1.54, 1.807) is 53.4 Å². The van der Waals surface area contributed by atoms with Crippen molar-refractivity contribution in [1.29, 1.82) is 0 Å². The Balaban J connectivity index is 1.60. The summed E-state index contributed by atoms with van der Waals surface area (Å²) in [5.74, 6) is 0. The highest BCUT2D eigenvalue weighted by Crippen LogP contribution is 2.20. The van der Waals surface area contributed by atoms with E-state index in [0.717, 1.165) is 4.47 Å². The summed E-state index contributed by atoms with van der Waals surface area (Å²) in [4.78, 5) is 14.2. The van der Waals surface area contributed by atoms with Crippen LogP contribution in [-0.2, 0) is 10.0 Å². The zero-order valence-electron chi connectivity index (χ0n) is 13.7. The average Bonchev–Trinajstić information content (AvgIpc) is 2.64. The van der Waals surface area contributed by atoms with Gasteiger partial charge in [0.05, 0.1) is 4.90 Å². The number of hydrogen-bond acceptors (Lipinski definition) is 3. The molecule has 9 heteroatoms. The molecule has 138 valence electrons. The minimum Gasteiger partial charge on any atom is -0.322 e. The number of nitrogens with zero attached hydrogens (tertiary/aromatic N) is 2. The number of amides is 2. The normalized spacial score (nSPS) is 15.7. The fourth-order valence-corrected chi connectivity index (χ4v) is 4.44. The van der Waals surface area contributed by atoms with Crippen LogP contribution in [0.15, 0.2) is 57.9 Å². The monoisotopic (exact) mass is 457 g/mol. The second-order valence-corrected chi connectivity index (χ2v) is 9.07. The summed E-state index contributed by atoms with van der Waals surface area (Å²) in [5.41, 5.74) is 0.643. The minimum atomic E-state index is -3.55. The SMILES string of the molecule is O=C(Nc1ccc(Cl)cc1)N1CCN(S(=O)(=O)c2ccc(Br)cc2)CC1. The molecule has 2 amide bonds. The van der Waals surface area contributed by atoms with Crippen LogP contribution in [0.2, 0.25) is 5.02 Å². The lowest BCUT2D eigenvalue weighted by Crippen LogP contribution is -2.51. The molecule has 1 heterocycles. The van der Waals surface area contributed by atoms with E-state index in [2.05, 4.69) is 21.2 Å². The summed E-state index contributed by atoms with van der Waals surface area (Å²) in [7, 11) is -3.55. The number of nitrogens with one attached hydrogen (secondary N) is 1. The second kappa shape index (κ2) is 7.96. The van der Waals surface area contributed by atoms with Crippen LogP contribution in [0.5, 0.6) is 0 Å². The molecule has 1 fully saturated rings. The largest absolute Gasteiger partial charge is 0.322 e. The van der Waals surface area contributed by atoms with Gasteiger partial charge >= 0.3 is 6.03 Å². The molecule has 3 rings (SSSR count). The van der Waals surface area contributed by atoms with Crippen molar-refractivity contribution in [2.45, 2.75) is 4.90 Å². The number of rotatable bonds is 3. The van der Waals surface area contributed by atoms with Gasteiger partial charge in [-0.2, -0.15) is 4.31 Å². The van der Waals surface area contributed by atoms with Crippen LogP contribution in [-0.4, -0.2) is 49.8 Å². The Hall–Kier alpha value is -1.61. The highest BCUT2D eigenvalue weighted by atomic mass is 79.9. The fraction of sp³-hybridized carbons (Fsp3) is 0.235. The predicted molar refractivity (Wildman–Crippen MR) is 105 cm³/mol. The maximum atomic E-state index is 12.7. The number of sulfonamides is 1. The first kappa shape index (κ1) is 19.2. The Morgan fingerprint density at radius 2 is 1.54 bits per heavy atom. The molecule has 0 aliphatic carbocycles. The van der Waals surface area contributed by atoms with E-state index in [1.807, 2.05) is 0 Å². The van der Waals surface area contributed by atoms with Crippen molar-refractivity contribution in [3.63, 3.8) is 0 Å². The zero-order valence-corrected chi connectivity index (χ0v) is 16.9. The smallest absolute Gasteiger partial charge is 0.321 e. The predicted octanol–water partition coefficient (Wildman–Crippen LogP) is 3.64. The molecule has 0 radical (unpaired) electrons. The van der Waals surface area contributed by atoms with Crippen LogP contribution in [0, 0.1) is 0 Å². The Bertz CT molecular complexity index is 880. The summed E-state index contributed by atoms with van der Waals surface area (Å²) in [5, 5.41) is 3.38. The van der Waals surface area contributed by atoms with E-state index in [-0.39, 0.29) is 24.0 Å². The first-order valence-corrected chi connectivity index (χ1v) is 10.5. The highest BCUT2D eigenvalue weighted by Gasteiger charge is 2.30. The van der Waals surface area contributed by atoms with Crippen molar-refractivity contribution < 1.29 is 13.2 Å². The van der Waals surface area contributed by atoms with E-state index in [4.69, 9.17) is 11.6 Å². The van der Waals surface area contributed by atoms with Gasteiger partial charge in [-0.1, -0.05) is 27.5 Å². The van der Waals surface area contributed by atoms with Gasteiger partial charge < -0.3 is 10.2 Å². The lowest BCUT2D eigenvalue weighted by molar-refractivity contribution is 0.184. The molecule has 0 atom stereocenters. The van der Waals surface area contributed by atoms with Crippen molar-refractivity contribution in [1.82, 2.24) is 9.21 Å². The zero-order chi connectivity index (χ0) is 18.7. The third-order valence-electron chi connectivity index (χ3n) is 4.07. The Kier molecular flexibility index (Phi) is 5.86. The molecule has 0 bridgehead atoms. The van der Waals surface area contributed by atoms with Crippen LogP contribution >= 0.6 is 27.5 Å². The Labute approximate surface area is 165 Å². The molecule has 2 aromatic rings. The van der Waals surface area contributed by atoms with Crippen molar-refractivity contribution in [2.24, 2.45) is 0 Å². The number of piperazine rings is 1. The summed E-state index contributed by atoms with van der Waals surface area (Å²) in [6.07, 6.45) is 0. The van der Waals surface area contributed by atoms with Crippen LogP contribution in [0.1, 0.15) is 0 Å². The quantitative estimate of drug-likeness (QED) is 0.763. The maximum Gasteiger partial charge on any atom is 0.321 e. The summed E-state index contributed by atoms with van der Waals surface area (Å²) in [6.45, 7) is 1.17. The maximum absolute atomic E-state index is 12.7. The number of hydrogen-bond donors (Lipinski definition) is 1. The van der Waals surface area contributed by atoms with Gasteiger partial charge in [-0.15, -0.1) is 0 Å². The number of benzene rings is 2. The van der Waals surface area contributed by atoms with Crippen molar-refractivity contribution in [2.75, 3.05) is 31.5 Å². The van der Waals surface area contributed by atoms with Crippen molar-refractivity contribution in [3.05, 3.63) is 58.0 Å². The topological polar surface area (TPSA) is 69.7 Å². The molecule has 1 aliphatic rings. The van der Waals surface area contributed by atoms with Gasteiger partial charge in [-0.3, -0.25) is 0 Å². The van der Waals surface area contributed by atoms with E-state index >= 15 is 0 Å². The molecule has 2 aromatic carbocycles. The summed E-state index contributed by atoms with van der Waals surface area (Å²) < 4.78 is 27.6. The third-order valence-corrected chi connectivity index (χ3v) is 6.77. The van der Waals surface area contributed by atoms with Crippen molar-refractivity contribution >= 4 is 49.3 Å². The molecule has 0 saturated carbocycles. The van der Waals surface area contributed by atoms with Crippen LogP contribution in [0.4, 0.5) is 10.5 Å². The Morgan fingerprint density at radius 1 is 0.962 bits per heavy atom. The van der Waals surface area contributed by atoms with E-state index in [1.165, 1.54) is 4.31 Å². The molecule has 0 aromatic heterocycles. The lowest BCUT2D eigenvalue weighted by Gasteiger charge is -2.34. The molecule has 6 nitrogen and oxygen atoms in total. The molecular weight excluding hydrogens is 442 g/mol. The number of anilines is 1. The van der Waals surface area contributed by atoms with Crippen LogP contribution < -0.4 is 5.32 Å². The first-order valence-electron chi connectivity index (χ1n) is 7.93. The second-order valence-electron chi connectivity index (χ2n) is 5.78. The van der Waals surface area contributed by atoms with Gasteiger partial charge in [-0.05, 0) is 48.5 Å². The molecule has 1 N–H and O–H groups in total. The standard InChI is InChI=1S/C17H17BrClN3O3S/c18-13-1-7-16(8-2-13)26(24,25)22-11-9-21(10-12-22)17(23)20-15-5-3-14(19)4-6-15/h1-8H,9-12H2,(H,20,23). The van der Waals surface area contributed by atoms with Gasteiger partial charge in [0, 0.05) is 41.4 Å². The highest BCUT2D eigenvalue weighted by molar-refractivity contribution is 9.10. The van der Waals surface area contributed by atoms with Gasteiger partial charge in [0.2, 0.25) is 10.0 Å². The first-order chi connectivity index (χ1) is 12.4. The van der Waals surface area contributed by atoms with Crippen molar-refractivity contribution in [3.8, 4) is 0 Å². The molecule has 1 aliphatic heterocycles. The number of urea groups is 1.